The molecule has 254 valence electrons. The van der Waals surface area contributed by atoms with Crippen molar-refractivity contribution < 1.29 is 33.6 Å². The van der Waals surface area contributed by atoms with Crippen molar-refractivity contribution in [2.75, 3.05) is 33.4 Å². The molecule has 1 aliphatic heterocycles. The van der Waals surface area contributed by atoms with E-state index in [0.29, 0.717) is 73.1 Å². The number of fused-ring (bicyclic) bond motifs is 2. The van der Waals surface area contributed by atoms with Gasteiger partial charge in [-0.3, -0.25) is 4.79 Å². The van der Waals surface area contributed by atoms with Gasteiger partial charge in [0.25, 0.3) is 0 Å². The Morgan fingerprint density at radius 1 is 0.978 bits per heavy atom. The van der Waals surface area contributed by atoms with Crippen LogP contribution in [0.5, 0.6) is 0 Å². The molecule has 7 fully saturated rings. The van der Waals surface area contributed by atoms with Gasteiger partial charge in [-0.15, -0.1) is 0 Å². The highest BCUT2D eigenvalue weighted by molar-refractivity contribution is 5.76. The number of hydrogen-bond donors (Lipinski definition) is 1. The summed E-state index contributed by atoms with van der Waals surface area (Å²) in [5.41, 5.74) is 1.02. The Labute approximate surface area is 270 Å². The largest absolute Gasteiger partial charge is 0.507 e. The Kier molecular flexibility index (Phi) is 8.33. The first-order valence-corrected chi connectivity index (χ1v) is 18.4. The minimum Gasteiger partial charge on any atom is -0.438 e. The number of methoxy groups -OCH3 is 1. The van der Waals surface area contributed by atoms with Crippen molar-refractivity contribution in [1.29, 1.82) is 0 Å². The van der Waals surface area contributed by atoms with E-state index in [1.165, 1.54) is 52.1 Å². The summed E-state index contributed by atoms with van der Waals surface area (Å²) in [6.07, 6.45) is 13.1. The third-order valence-electron chi connectivity index (χ3n) is 15.3. The maximum atomic E-state index is 12.9. The number of nitrogens with zero attached hydrogens (tertiary/aromatic N) is 1. The second kappa shape index (κ2) is 11.6. The van der Waals surface area contributed by atoms with Gasteiger partial charge >= 0.3 is 6.16 Å². The van der Waals surface area contributed by atoms with Gasteiger partial charge in [-0.1, -0.05) is 27.7 Å². The second-order valence-corrected chi connectivity index (χ2v) is 17.1. The zero-order valence-electron chi connectivity index (χ0n) is 28.6. The van der Waals surface area contributed by atoms with Gasteiger partial charge in [-0.25, -0.2) is 4.79 Å². The smallest absolute Gasteiger partial charge is 0.438 e. The highest BCUT2D eigenvalue weighted by Crippen LogP contribution is 2.89. The number of aliphatic hydroxyl groups excluding tert-OH is 1. The van der Waals surface area contributed by atoms with Crippen molar-refractivity contribution in [2.45, 2.75) is 130 Å². The van der Waals surface area contributed by atoms with Crippen LogP contribution in [-0.4, -0.2) is 74.0 Å². The van der Waals surface area contributed by atoms with Crippen LogP contribution < -0.4 is 0 Å². The molecule has 0 aromatic rings. The van der Waals surface area contributed by atoms with Gasteiger partial charge in [0.1, 0.15) is 0 Å². The van der Waals surface area contributed by atoms with Crippen LogP contribution in [0.15, 0.2) is 0 Å². The molecule has 11 atom stereocenters. The Hall–Kier alpha value is -1.38. The molecule has 1 saturated heterocycles. The minimum absolute atomic E-state index is 0.0510. The molecule has 0 bridgehead atoms. The van der Waals surface area contributed by atoms with Gasteiger partial charge in [0.15, 0.2) is 6.29 Å². The van der Waals surface area contributed by atoms with Crippen LogP contribution in [0.2, 0.25) is 0 Å². The zero-order chi connectivity index (χ0) is 31.8. The summed E-state index contributed by atoms with van der Waals surface area (Å²) >= 11 is 0. The molecule has 4 unspecified atom stereocenters. The minimum atomic E-state index is -0.614. The van der Waals surface area contributed by atoms with Gasteiger partial charge in [-0.05, 0) is 134 Å². The summed E-state index contributed by atoms with van der Waals surface area (Å²) < 4.78 is 22.7. The van der Waals surface area contributed by atoms with E-state index in [1.54, 1.807) is 0 Å². The second-order valence-electron chi connectivity index (χ2n) is 17.1. The van der Waals surface area contributed by atoms with E-state index in [4.69, 9.17) is 14.2 Å². The molecular weight excluding hydrogens is 570 g/mol. The molecule has 7 aliphatic rings. The summed E-state index contributed by atoms with van der Waals surface area (Å²) in [5, 5.41) is 11.5. The van der Waals surface area contributed by atoms with Crippen molar-refractivity contribution in [3.8, 4) is 0 Å². The van der Waals surface area contributed by atoms with Crippen LogP contribution in [0.3, 0.4) is 0 Å². The van der Waals surface area contributed by atoms with E-state index in [2.05, 4.69) is 32.4 Å². The number of carbonyl (C=O) groups excluding carboxylic acids is 2. The number of rotatable bonds is 9. The molecule has 0 aromatic carbocycles. The molecule has 2 spiro atoms. The maximum absolute atomic E-state index is 12.9. The molecule has 6 aliphatic carbocycles. The molecular formula is C37H59NO7. The zero-order valence-corrected chi connectivity index (χ0v) is 28.6. The fraction of sp³-hybridized carbons (Fsp3) is 0.946. The molecule has 6 saturated carbocycles. The molecule has 7 rings (SSSR count). The van der Waals surface area contributed by atoms with Gasteiger partial charge in [-0.2, -0.15) is 0 Å². The monoisotopic (exact) mass is 629 g/mol. The topological polar surface area (TPSA) is 94.5 Å². The fourth-order valence-corrected chi connectivity index (χ4v) is 13.0. The Morgan fingerprint density at radius 2 is 1.78 bits per heavy atom. The first-order chi connectivity index (χ1) is 21.5. The van der Waals surface area contributed by atoms with Crippen molar-refractivity contribution >= 4 is 12.1 Å². The number of unbranched alkanes of at least 4 members (excludes halogenated alkanes) is 1. The van der Waals surface area contributed by atoms with Crippen LogP contribution >= 0.6 is 0 Å². The first-order valence-electron chi connectivity index (χ1n) is 18.4. The predicted molar refractivity (Wildman–Crippen MR) is 169 cm³/mol. The lowest BCUT2D eigenvalue weighted by atomic mass is 9.46. The molecule has 1 amide bonds. The predicted octanol–water partition coefficient (Wildman–Crippen LogP) is 6.58. The average Bonchev–Trinajstić information content (AvgIpc) is 3.91. The number of ether oxygens (including phenoxy) is 4. The van der Waals surface area contributed by atoms with E-state index in [1.807, 2.05) is 4.90 Å². The molecule has 45 heavy (non-hydrogen) atoms. The number of aliphatic hydroxyl groups is 1. The van der Waals surface area contributed by atoms with Crippen LogP contribution in [0, 0.1) is 57.2 Å². The fourth-order valence-electron chi connectivity index (χ4n) is 13.0. The van der Waals surface area contributed by atoms with Crippen LogP contribution in [0.1, 0.15) is 111 Å². The summed E-state index contributed by atoms with van der Waals surface area (Å²) in [6.45, 7) is 12.2. The summed E-state index contributed by atoms with van der Waals surface area (Å²) in [4.78, 5) is 26.2. The third kappa shape index (κ3) is 5.00. The summed E-state index contributed by atoms with van der Waals surface area (Å²) in [7, 11) is 1.34. The number of morpholine rings is 1. The molecule has 8 heteroatoms. The SMILES string of the molecule is COC(=O)OCCCC[C@H]1[C@H](O)CC2[C@@H]3CCC4C(C)(C)[C@@H](OC5CN(C(=O)CC6CC6)CCO5)CCC45[C@@H](C)[C@@]35CC[C@@]21C. The van der Waals surface area contributed by atoms with Crippen LogP contribution in [0.4, 0.5) is 4.79 Å². The summed E-state index contributed by atoms with van der Waals surface area (Å²) in [6, 6.07) is 0. The number of hydrogen-bond acceptors (Lipinski definition) is 7. The average molecular weight is 630 g/mol. The Morgan fingerprint density at radius 3 is 2.53 bits per heavy atom. The number of amides is 1. The highest BCUT2D eigenvalue weighted by atomic mass is 16.7. The van der Waals surface area contributed by atoms with E-state index in [0.717, 1.165) is 38.0 Å². The molecule has 1 heterocycles. The Balaban J connectivity index is 1.01. The van der Waals surface area contributed by atoms with Crippen LogP contribution in [-0.2, 0) is 23.7 Å². The van der Waals surface area contributed by atoms with Crippen molar-refractivity contribution in [3.05, 3.63) is 0 Å². The van der Waals surface area contributed by atoms with Gasteiger partial charge in [0.2, 0.25) is 5.91 Å². The lowest BCUT2D eigenvalue weighted by Crippen LogP contribution is -2.56. The third-order valence-corrected chi connectivity index (χ3v) is 15.3. The van der Waals surface area contributed by atoms with Gasteiger partial charge in [0, 0.05) is 13.0 Å². The molecule has 1 N–H and O–H groups in total. The number of carbonyl (C=O) groups is 2. The van der Waals surface area contributed by atoms with Gasteiger partial charge in [0.05, 0.1) is 39.1 Å². The lowest BCUT2D eigenvalue weighted by Gasteiger charge is -2.59. The molecule has 0 radical (unpaired) electrons. The standard InChI is InChI=1S/C37H59NO7/c1-23-36-16-15-35(4)26(8-6-7-18-44-33(41)42-5)28(39)21-27(35)25(36)11-12-29-34(2,3)30(13-14-37(23,29)36)45-32-22-38(17-19-43-32)31(40)20-24-9-10-24/h23-30,32,39H,6-22H2,1-5H3/t23-,25-,26-,27?,28+,29?,30-,32?,35+,36-,37?/m0/s1. The highest BCUT2D eigenvalue weighted by Gasteiger charge is 2.84. The summed E-state index contributed by atoms with van der Waals surface area (Å²) in [5.74, 6) is 3.85. The maximum Gasteiger partial charge on any atom is 0.507 e. The lowest BCUT2D eigenvalue weighted by molar-refractivity contribution is -0.244. The van der Waals surface area contributed by atoms with Crippen LogP contribution in [0.25, 0.3) is 0 Å². The quantitative estimate of drug-likeness (QED) is 0.228. The van der Waals surface area contributed by atoms with E-state index in [9.17, 15) is 14.7 Å². The van der Waals surface area contributed by atoms with Gasteiger partial charge < -0.3 is 29.0 Å². The van der Waals surface area contributed by atoms with Crippen molar-refractivity contribution in [1.82, 2.24) is 4.90 Å². The Bertz CT molecular complexity index is 1140. The van der Waals surface area contributed by atoms with Crippen molar-refractivity contribution in [2.24, 2.45) is 57.2 Å². The molecule has 8 nitrogen and oxygen atoms in total. The van der Waals surface area contributed by atoms with E-state index >= 15 is 0 Å². The molecule has 0 aromatic heterocycles. The van der Waals surface area contributed by atoms with E-state index < -0.39 is 6.16 Å². The first kappa shape index (κ1) is 32.2. The van der Waals surface area contributed by atoms with Crippen molar-refractivity contribution in [3.63, 3.8) is 0 Å². The van der Waals surface area contributed by atoms with E-state index in [-0.39, 0.29) is 35.2 Å². The normalized spacial score (nSPS) is 46.3.